The molecule has 0 amide bonds. The number of carbonyl (C=O) groups is 5. The Kier molecular flexibility index (Phi) is 7.21. The molecular formula is C13H20N2O11. The molecule has 0 aliphatic carbocycles. The summed E-state index contributed by atoms with van der Waals surface area (Å²) in [6.45, 7) is 0. The molecule has 13 heteroatoms. The third-order valence-electron chi connectivity index (χ3n) is 4.00. The van der Waals surface area contributed by atoms with E-state index < -0.39 is 78.6 Å². The maximum atomic E-state index is 11.2. The standard InChI is InChI=1S/C13H20N2O11/c14-13(15,12(26,4-9(22)23)5-10(24)25)11(1-6(16)17,2-7(18)19)3-8(20)21/h26H,1-5,14-15H2,(H,16,17)(H,18,19)(H,20,21)(H,22,23)(H,24,25). The molecule has 148 valence electrons. The van der Waals surface area contributed by atoms with E-state index in [1.807, 2.05) is 0 Å². The highest BCUT2D eigenvalue weighted by atomic mass is 16.4. The summed E-state index contributed by atoms with van der Waals surface area (Å²) in [6, 6.07) is 0. The minimum absolute atomic E-state index is 1.28. The lowest BCUT2D eigenvalue weighted by Crippen LogP contribution is -2.77. The van der Waals surface area contributed by atoms with Crippen LogP contribution in [-0.4, -0.2) is 71.7 Å². The van der Waals surface area contributed by atoms with Gasteiger partial charge >= 0.3 is 29.8 Å². The van der Waals surface area contributed by atoms with Gasteiger partial charge in [0.2, 0.25) is 0 Å². The van der Waals surface area contributed by atoms with Crippen molar-refractivity contribution in [1.29, 1.82) is 0 Å². The monoisotopic (exact) mass is 380 g/mol. The van der Waals surface area contributed by atoms with Gasteiger partial charge in [-0.2, -0.15) is 0 Å². The van der Waals surface area contributed by atoms with Crippen LogP contribution in [0.3, 0.4) is 0 Å². The summed E-state index contributed by atoms with van der Waals surface area (Å²) in [5, 5.41) is 55.6. The first-order chi connectivity index (χ1) is 11.6. The molecule has 0 atom stereocenters. The minimum atomic E-state index is -3.05. The van der Waals surface area contributed by atoms with Gasteiger partial charge in [0.15, 0.2) is 0 Å². The maximum Gasteiger partial charge on any atom is 0.306 e. The lowest BCUT2D eigenvalue weighted by molar-refractivity contribution is -0.171. The van der Waals surface area contributed by atoms with E-state index in [1.54, 1.807) is 0 Å². The molecule has 0 aromatic carbocycles. The zero-order valence-corrected chi connectivity index (χ0v) is 13.4. The Morgan fingerprint density at radius 1 is 0.577 bits per heavy atom. The highest BCUT2D eigenvalue weighted by Gasteiger charge is 2.62. The zero-order valence-electron chi connectivity index (χ0n) is 13.4. The smallest absolute Gasteiger partial charge is 0.306 e. The summed E-state index contributed by atoms with van der Waals surface area (Å²) in [5.41, 5.74) is 2.78. The van der Waals surface area contributed by atoms with Crippen molar-refractivity contribution < 1.29 is 54.6 Å². The van der Waals surface area contributed by atoms with Gasteiger partial charge in [-0.25, -0.2) is 0 Å². The molecule has 10 N–H and O–H groups in total. The molecule has 0 heterocycles. The fraction of sp³-hybridized carbons (Fsp3) is 0.615. The van der Waals surface area contributed by atoms with Crippen LogP contribution in [0.4, 0.5) is 0 Å². The topological polar surface area (TPSA) is 259 Å². The summed E-state index contributed by atoms with van der Waals surface area (Å²) in [7, 11) is 0. The van der Waals surface area contributed by atoms with Crippen LogP contribution in [0.5, 0.6) is 0 Å². The van der Waals surface area contributed by atoms with E-state index in [1.165, 1.54) is 0 Å². The van der Waals surface area contributed by atoms with Crippen LogP contribution >= 0.6 is 0 Å². The number of hydrogen-bond donors (Lipinski definition) is 8. The first-order valence-corrected chi connectivity index (χ1v) is 6.98. The number of carboxylic acids is 5. The Balaban J connectivity index is 6.61. The predicted molar refractivity (Wildman–Crippen MR) is 79.8 cm³/mol. The summed E-state index contributed by atoms with van der Waals surface area (Å²) in [6.07, 6.45) is -6.62. The number of hydrogen-bond acceptors (Lipinski definition) is 8. The molecule has 0 saturated carbocycles. The fourth-order valence-corrected chi connectivity index (χ4v) is 2.84. The Hall–Kier alpha value is -2.77. The molecule has 0 unspecified atom stereocenters. The first-order valence-electron chi connectivity index (χ1n) is 6.98. The lowest BCUT2D eigenvalue weighted by atomic mass is 9.60. The Morgan fingerprint density at radius 2 is 0.808 bits per heavy atom. The molecule has 0 rings (SSSR count). The molecule has 0 aromatic rings. The van der Waals surface area contributed by atoms with E-state index in [-0.39, 0.29) is 0 Å². The van der Waals surface area contributed by atoms with E-state index in [2.05, 4.69) is 0 Å². The SMILES string of the molecule is NC(N)(C(O)(CC(=O)O)CC(=O)O)C(CC(=O)O)(CC(=O)O)CC(=O)O. The summed E-state index contributed by atoms with van der Waals surface area (Å²) in [4.78, 5) is 55.6. The van der Waals surface area contributed by atoms with Crippen molar-refractivity contribution in [2.75, 3.05) is 0 Å². The van der Waals surface area contributed by atoms with Crippen molar-refractivity contribution in [2.24, 2.45) is 16.9 Å². The van der Waals surface area contributed by atoms with Crippen LogP contribution in [0, 0.1) is 5.41 Å². The van der Waals surface area contributed by atoms with Crippen molar-refractivity contribution in [2.45, 2.75) is 43.4 Å². The van der Waals surface area contributed by atoms with E-state index in [0.717, 1.165) is 0 Å². The molecule has 0 bridgehead atoms. The molecule has 0 fully saturated rings. The summed E-state index contributed by atoms with van der Waals surface area (Å²) < 4.78 is 0. The molecule has 0 saturated heterocycles. The van der Waals surface area contributed by atoms with E-state index >= 15 is 0 Å². The lowest BCUT2D eigenvalue weighted by Gasteiger charge is -2.51. The van der Waals surface area contributed by atoms with Crippen LogP contribution in [0.25, 0.3) is 0 Å². The highest BCUT2D eigenvalue weighted by molar-refractivity contribution is 5.78. The van der Waals surface area contributed by atoms with Crippen molar-refractivity contribution in [3.8, 4) is 0 Å². The summed E-state index contributed by atoms with van der Waals surface area (Å²) in [5.74, 6) is -8.75. The number of aliphatic hydroxyl groups is 1. The number of aliphatic carboxylic acids is 5. The molecule has 0 aromatic heterocycles. The van der Waals surface area contributed by atoms with Gasteiger partial charge in [0.1, 0.15) is 11.3 Å². The number of nitrogens with two attached hydrogens (primary N) is 2. The quantitative estimate of drug-likeness (QED) is 0.166. The van der Waals surface area contributed by atoms with Gasteiger partial charge in [-0.15, -0.1) is 0 Å². The van der Waals surface area contributed by atoms with Crippen LogP contribution in [0.2, 0.25) is 0 Å². The molecule has 26 heavy (non-hydrogen) atoms. The molecule has 0 radical (unpaired) electrons. The average Bonchev–Trinajstić information content (AvgIpc) is 2.32. The number of rotatable bonds is 12. The van der Waals surface area contributed by atoms with Gasteiger partial charge in [-0.3, -0.25) is 24.0 Å². The number of carboxylic acid groups (broad SMARTS) is 5. The second-order valence-electron chi connectivity index (χ2n) is 6.03. The molecule has 0 aliphatic heterocycles. The molecular weight excluding hydrogens is 360 g/mol. The van der Waals surface area contributed by atoms with Crippen molar-refractivity contribution >= 4 is 29.8 Å². The minimum Gasteiger partial charge on any atom is -0.481 e. The Labute approximate surface area is 145 Å². The fourth-order valence-electron chi connectivity index (χ4n) is 2.84. The van der Waals surface area contributed by atoms with Crippen molar-refractivity contribution in [3.63, 3.8) is 0 Å². The predicted octanol–water partition coefficient (Wildman–Crippen LogP) is -2.31. The van der Waals surface area contributed by atoms with Crippen LogP contribution < -0.4 is 11.5 Å². The van der Waals surface area contributed by atoms with Crippen molar-refractivity contribution in [1.82, 2.24) is 0 Å². The van der Waals surface area contributed by atoms with Gasteiger partial charge in [0.25, 0.3) is 0 Å². The second kappa shape index (κ2) is 8.07. The first kappa shape index (κ1) is 23.2. The van der Waals surface area contributed by atoms with E-state index in [4.69, 9.17) is 37.0 Å². The Morgan fingerprint density at radius 3 is 1.00 bits per heavy atom. The van der Waals surface area contributed by atoms with Gasteiger partial charge < -0.3 is 42.1 Å². The second-order valence-corrected chi connectivity index (χ2v) is 6.03. The Bertz CT molecular complexity index is 556. The van der Waals surface area contributed by atoms with E-state index in [9.17, 15) is 29.1 Å². The summed E-state index contributed by atoms with van der Waals surface area (Å²) >= 11 is 0. The third kappa shape index (κ3) is 5.37. The average molecular weight is 380 g/mol. The highest BCUT2D eigenvalue weighted by Crippen LogP contribution is 2.45. The molecule has 13 nitrogen and oxygen atoms in total. The van der Waals surface area contributed by atoms with E-state index in [0.29, 0.717) is 0 Å². The molecule has 0 aliphatic rings. The normalized spacial score (nSPS) is 12.4. The van der Waals surface area contributed by atoms with Gasteiger partial charge in [0, 0.05) is 5.41 Å². The third-order valence-corrected chi connectivity index (χ3v) is 4.00. The largest absolute Gasteiger partial charge is 0.481 e. The zero-order chi connectivity index (χ0) is 20.9. The van der Waals surface area contributed by atoms with Crippen LogP contribution in [-0.2, 0) is 24.0 Å². The van der Waals surface area contributed by atoms with Gasteiger partial charge in [0.05, 0.1) is 32.1 Å². The van der Waals surface area contributed by atoms with Gasteiger partial charge in [-0.05, 0) is 0 Å². The van der Waals surface area contributed by atoms with Crippen LogP contribution in [0.15, 0.2) is 0 Å². The van der Waals surface area contributed by atoms with Crippen LogP contribution in [0.1, 0.15) is 32.1 Å². The maximum absolute atomic E-state index is 11.2. The van der Waals surface area contributed by atoms with Gasteiger partial charge in [-0.1, -0.05) is 0 Å². The molecule has 0 spiro atoms. The van der Waals surface area contributed by atoms with Crippen molar-refractivity contribution in [3.05, 3.63) is 0 Å².